The average molecular weight is 245 g/mol. The third kappa shape index (κ3) is 2.01. The van der Waals surface area contributed by atoms with Crippen molar-refractivity contribution in [3.63, 3.8) is 0 Å². The SMILES string of the molecule is CCc1cccc2c(OC(C)=O)cn(C(C)=O)c12. The lowest BCUT2D eigenvalue weighted by atomic mass is 10.1. The Balaban J connectivity index is 2.75. The van der Waals surface area contributed by atoms with Gasteiger partial charge in [0.2, 0.25) is 5.91 Å². The highest BCUT2D eigenvalue weighted by Crippen LogP contribution is 2.31. The fraction of sp³-hybridized carbons (Fsp3) is 0.286. The smallest absolute Gasteiger partial charge is 0.308 e. The lowest BCUT2D eigenvalue weighted by Crippen LogP contribution is -2.05. The first kappa shape index (κ1) is 12.4. The van der Waals surface area contributed by atoms with Gasteiger partial charge >= 0.3 is 5.97 Å². The number of hydrogen-bond donors (Lipinski definition) is 0. The van der Waals surface area contributed by atoms with Crippen molar-refractivity contribution in [2.24, 2.45) is 0 Å². The zero-order chi connectivity index (χ0) is 13.3. The molecule has 0 radical (unpaired) electrons. The number of esters is 1. The van der Waals surface area contributed by atoms with Gasteiger partial charge in [-0.15, -0.1) is 0 Å². The second-order valence-corrected chi connectivity index (χ2v) is 4.14. The maximum absolute atomic E-state index is 11.6. The van der Waals surface area contributed by atoms with Crippen molar-refractivity contribution in [2.75, 3.05) is 0 Å². The minimum atomic E-state index is -0.389. The van der Waals surface area contributed by atoms with Gasteiger partial charge in [0.1, 0.15) is 0 Å². The highest BCUT2D eigenvalue weighted by molar-refractivity contribution is 5.98. The van der Waals surface area contributed by atoms with Crippen LogP contribution in [0.1, 0.15) is 31.1 Å². The van der Waals surface area contributed by atoms with Gasteiger partial charge in [-0.3, -0.25) is 14.2 Å². The fourth-order valence-corrected chi connectivity index (χ4v) is 2.10. The normalized spacial score (nSPS) is 10.6. The highest BCUT2D eigenvalue weighted by atomic mass is 16.5. The molecule has 0 amide bonds. The van der Waals surface area contributed by atoms with Gasteiger partial charge in [-0.2, -0.15) is 0 Å². The Bertz CT molecular complexity index is 625. The van der Waals surface area contributed by atoms with Crippen LogP contribution in [0.4, 0.5) is 0 Å². The molecule has 0 aliphatic rings. The molecule has 1 heterocycles. The maximum atomic E-state index is 11.6. The molecule has 94 valence electrons. The predicted octanol–water partition coefficient (Wildman–Crippen LogP) is 2.79. The molecule has 18 heavy (non-hydrogen) atoms. The minimum absolute atomic E-state index is 0.0979. The summed E-state index contributed by atoms with van der Waals surface area (Å²) >= 11 is 0. The van der Waals surface area contributed by atoms with Crippen LogP contribution in [0, 0.1) is 0 Å². The summed E-state index contributed by atoms with van der Waals surface area (Å²) in [5.41, 5.74) is 1.88. The van der Waals surface area contributed by atoms with E-state index in [0.29, 0.717) is 5.75 Å². The van der Waals surface area contributed by atoms with E-state index in [4.69, 9.17) is 4.74 Å². The van der Waals surface area contributed by atoms with Crippen LogP contribution >= 0.6 is 0 Å². The van der Waals surface area contributed by atoms with E-state index in [-0.39, 0.29) is 11.9 Å². The Labute approximate surface area is 105 Å². The number of benzene rings is 1. The molecule has 4 nitrogen and oxygen atoms in total. The van der Waals surface area contributed by atoms with Crippen LogP contribution in [-0.4, -0.2) is 16.4 Å². The largest absolute Gasteiger partial charge is 0.424 e. The molecule has 4 heteroatoms. The molecule has 0 spiro atoms. The molecule has 0 saturated heterocycles. The Hall–Kier alpha value is -2.10. The summed E-state index contributed by atoms with van der Waals surface area (Å²) in [7, 11) is 0. The summed E-state index contributed by atoms with van der Waals surface area (Å²) in [5.74, 6) is -0.0539. The lowest BCUT2D eigenvalue weighted by molar-refractivity contribution is -0.131. The molecule has 0 aliphatic carbocycles. The van der Waals surface area contributed by atoms with Gasteiger partial charge in [0.25, 0.3) is 0 Å². The van der Waals surface area contributed by atoms with Gasteiger partial charge < -0.3 is 4.74 Å². The molecule has 0 saturated carbocycles. The molecule has 0 unspecified atom stereocenters. The van der Waals surface area contributed by atoms with Crippen molar-refractivity contribution < 1.29 is 14.3 Å². The van der Waals surface area contributed by atoms with Crippen molar-refractivity contribution in [3.05, 3.63) is 30.0 Å². The van der Waals surface area contributed by atoms with E-state index < -0.39 is 0 Å². The van der Waals surface area contributed by atoms with E-state index >= 15 is 0 Å². The van der Waals surface area contributed by atoms with Crippen LogP contribution in [0.2, 0.25) is 0 Å². The van der Waals surface area contributed by atoms with Crippen LogP contribution < -0.4 is 4.74 Å². The van der Waals surface area contributed by atoms with Gasteiger partial charge in [0.15, 0.2) is 5.75 Å². The number of para-hydroxylation sites is 1. The fourth-order valence-electron chi connectivity index (χ4n) is 2.10. The van der Waals surface area contributed by atoms with E-state index in [2.05, 4.69) is 0 Å². The molecule has 1 aromatic heterocycles. The topological polar surface area (TPSA) is 48.3 Å². The van der Waals surface area contributed by atoms with Gasteiger partial charge in [0, 0.05) is 19.2 Å². The molecular formula is C14H15NO3. The van der Waals surface area contributed by atoms with Gasteiger partial charge in [0.05, 0.1) is 11.7 Å². The second-order valence-electron chi connectivity index (χ2n) is 4.14. The van der Waals surface area contributed by atoms with Crippen molar-refractivity contribution in [1.82, 2.24) is 4.57 Å². The van der Waals surface area contributed by atoms with E-state index in [9.17, 15) is 9.59 Å². The number of ether oxygens (including phenoxy) is 1. The molecular weight excluding hydrogens is 230 g/mol. The number of aromatic nitrogens is 1. The predicted molar refractivity (Wildman–Crippen MR) is 68.9 cm³/mol. The summed E-state index contributed by atoms with van der Waals surface area (Å²) in [6.45, 7) is 4.86. The first-order valence-electron chi connectivity index (χ1n) is 5.87. The highest BCUT2D eigenvalue weighted by Gasteiger charge is 2.15. The molecule has 0 atom stereocenters. The number of hydrogen-bond acceptors (Lipinski definition) is 3. The number of rotatable bonds is 2. The van der Waals surface area contributed by atoms with Crippen LogP contribution in [0.15, 0.2) is 24.4 Å². The van der Waals surface area contributed by atoms with Crippen LogP contribution in [-0.2, 0) is 11.2 Å². The first-order valence-corrected chi connectivity index (χ1v) is 5.87. The zero-order valence-corrected chi connectivity index (χ0v) is 10.7. The Morgan fingerprint density at radius 2 is 2.00 bits per heavy atom. The summed E-state index contributed by atoms with van der Waals surface area (Å²) in [4.78, 5) is 22.7. The van der Waals surface area contributed by atoms with E-state index in [1.807, 2.05) is 25.1 Å². The number of carbonyl (C=O) groups is 2. The number of nitrogens with zero attached hydrogens (tertiary/aromatic N) is 1. The number of aryl methyl sites for hydroxylation is 1. The van der Waals surface area contributed by atoms with E-state index in [1.165, 1.54) is 18.4 Å². The standard InChI is InChI=1S/C14H15NO3/c1-4-11-6-5-7-12-13(18-10(3)17)8-15(9(2)16)14(11)12/h5-8H,4H2,1-3H3. The second kappa shape index (κ2) is 4.64. The molecule has 1 aromatic carbocycles. The summed E-state index contributed by atoms with van der Waals surface area (Å²) in [5, 5.41) is 0.791. The molecule has 0 aliphatic heterocycles. The molecule has 2 rings (SSSR count). The number of carbonyl (C=O) groups excluding carboxylic acids is 2. The molecule has 2 aromatic rings. The monoisotopic (exact) mass is 245 g/mol. The average Bonchev–Trinajstić information content (AvgIpc) is 2.67. The zero-order valence-electron chi connectivity index (χ0n) is 10.7. The van der Waals surface area contributed by atoms with Gasteiger partial charge in [-0.1, -0.05) is 19.1 Å². The molecule has 0 N–H and O–H groups in total. The Kier molecular flexibility index (Phi) is 3.19. The molecule has 0 fully saturated rings. The van der Waals surface area contributed by atoms with Crippen molar-refractivity contribution in [1.29, 1.82) is 0 Å². The third-order valence-corrected chi connectivity index (χ3v) is 2.85. The van der Waals surface area contributed by atoms with Crippen LogP contribution in [0.5, 0.6) is 5.75 Å². The van der Waals surface area contributed by atoms with Crippen LogP contribution in [0.3, 0.4) is 0 Å². The van der Waals surface area contributed by atoms with E-state index in [0.717, 1.165) is 22.9 Å². The van der Waals surface area contributed by atoms with Crippen molar-refractivity contribution >= 4 is 22.8 Å². The summed E-state index contributed by atoms with van der Waals surface area (Å²) in [6.07, 6.45) is 2.39. The van der Waals surface area contributed by atoms with Gasteiger partial charge in [-0.25, -0.2) is 0 Å². The van der Waals surface area contributed by atoms with E-state index in [1.54, 1.807) is 6.20 Å². The van der Waals surface area contributed by atoms with Crippen molar-refractivity contribution in [2.45, 2.75) is 27.2 Å². The van der Waals surface area contributed by atoms with Crippen LogP contribution in [0.25, 0.3) is 10.9 Å². The first-order chi connectivity index (χ1) is 8.54. The summed E-state index contributed by atoms with van der Waals surface area (Å²) in [6, 6.07) is 5.73. The van der Waals surface area contributed by atoms with Gasteiger partial charge in [-0.05, 0) is 18.1 Å². The minimum Gasteiger partial charge on any atom is -0.424 e. The Morgan fingerprint density at radius 3 is 2.56 bits per heavy atom. The van der Waals surface area contributed by atoms with Crippen molar-refractivity contribution in [3.8, 4) is 5.75 Å². The lowest BCUT2D eigenvalue weighted by Gasteiger charge is -2.04. The summed E-state index contributed by atoms with van der Waals surface area (Å²) < 4.78 is 6.68. The maximum Gasteiger partial charge on any atom is 0.308 e. The quantitative estimate of drug-likeness (QED) is 0.764. The third-order valence-electron chi connectivity index (χ3n) is 2.85. The Morgan fingerprint density at radius 1 is 1.28 bits per heavy atom. The number of fused-ring (bicyclic) bond motifs is 1. The molecule has 0 bridgehead atoms.